The number of rotatable bonds is 19. The maximum absolute atomic E-state index is 13.1. The molecular weight excluding hydrogens is 998 g/mol. The van der Waals surface area contributed by atoms with Crippen molar-refractivity contribution in [2.45, 2.75) is 119 Å². The van der Waals surface area contributed by atoms with Crippen LogP contribution in [0.1, 0.15) is 143 Å². The molecule has 3 N–H and O–H groups in total. The Balaban J connectivity index is 0.000000425. The summed E-state index contributed by atoms with van der Waals surface area (Å²) in [5.74, 6) is -1.64. The molecule has 3 aromatic rings. The number of carbonyl (C=O) groups is 6. The highest BCUT2D eigenvalue weighted by molar-refractivity contribution is 6.38. The number of likely N-dealkylation sites (N-methyl/N-ethyl adjacent to an activating group) is 2. The monoisotopic (exact) mass is 1080 g/mol. The van der Waals surface area contributed by atoms with Crippen molar-refractivity contribution < 1.29 is 43.3 Å². The minimum absolute atomic E-state index is 0.0250. The highest BCUT2D eigenvalue weighted by Crippen LogP contribution is 2.39. The molecule has 4 aliphatic rings. The Hall–Kier alpha value is -6.62. The second-order valence-electron chi connectivity index (χ2n) is 18.2. The van der Waals surface area contributed by atoms with E-state index in [-0.39, 0.29) is 36.3 Å². The Morgan fingerprint density at radius 1 is 0.935 bits per heavy atom. The Kier molecular flexibility index (Phi) is 27.6. The van der Waals surface area contributed by atoms with Crippen molar-refractivity contribution in [2.75, 3.05) is 74.1 Å². The number of halogens is 1. The van der Waals surface area contributed by atoms with E-state index < -0.39 is 29.7 Å². The van der Waals surface area contributed by atoms with Crippen molar-refractivity contribution in [1.29, 1.82) is 0 Å². The average Bonchev–Trinajstić information content (AvgIpc) is 3.63. The maximum atomic E-state index is 13.1. The minimum atomic E-state index is -1.08. The number of fused-ring (bicyclic) bond motifs is 2. The van der Waals surface area contributed by atoms with Crippen LogP contribution in [-0.4, -0.2) is 151 Å². The largest absolute Gasteiger partial charge is 0.493 e. The number of ether oxygens (including phenoxy) is 2. The highest BCUT2D eigenvalue weighted by atomic mass is 35.5. The lowest BCUT2D eigenvalue weighted by atomic mass is 9.96. The smallest absolute Gasteiger partial charge is 0.352 e. The number of allylic oxidation sites excluding steroid dienone is 8. The third-order valence-electron chi connectivity index (χ3n) is 13.2. The number of carboxylic acids is 1. The molecule has 0 spiro atoms. The molecule has 2 aliphatic carbocycles. The van der Waals surface area contributed by atoms with E-state index in [4.69, 9.17) is 26.8 Å². The van der Waals surface area contributed by atoms with Crippen LogP contribution in [0.15, 0.2) is 88.3 Å². The van der Waals surface area contributed by atoms with Gasteiger partial charge in [0.25, 0.3) is 11.8 Å². The number of benzene rings is 2. The molecule has 3 amide bonds. The molecule has 0 bridgehead atoms. The number of amides is 3. The second kappa shape index (κ2) is 32.8. The molecule has 77 heavy (non-hydrogen) atoms. The van der Waals surface area contributed by atoms with Gasteiger partial charge in [0.15, 0.2) is 6.29 Å². The van der Waals surface area contributed by atoms with Gasteiger partial charge in [0.05, 0.1) is 28.3 Å². The van der Waals surface area contributed by atoms with E-state index in [1.165, 1.54) is 48.3 Å². The van der Waals surface area contributed by atoms with Gasteiger partial charge in [-0.05, 0) is 95.7 Å². The number of aromatic carboxylic acids is 1. The van der Waals surface area contributed by atoms with Crippen LogP contribution in [0.2, 0.25) is 5.02 Å². The van der Waals surface area contributed by atoms with Gasteiger partial charge in [-0.15, -0.1) is 0 Å². The number of carbonyl (C=O) groups excluding carboxylic acids is 5. The Morgan fingerprint density at radius 2 is 1.64 bits per heavy atom. The van der Waals surface area contributed by atoms with E-state index in [9.17, 15) is 33.9 Å². The summed E-state index contributed by atoms with van der Waals surface area (Å²) < 4.78 is 13.6. The molecule has 1 fully saturated rings. The molecule has 2 aliphatic heterocycles. The number of nitrogens with zero attached hydrogens (tertiary/aromatic N) is 6. The topological polar surface area (TPSA) is 197 Å². The summed E-state index contributed by atoms with van der Waals surface area (Å²) in [5.41, 5.74) is 13.9. The minimum Gasteiger partial charge on any atom is -0.493 e. The number of aldehydes is 2. The first kappa shape index (κ1) is 64.7. The first-order valence-electron chi connectivity index (χ1n) is 27.1. The molecular formula is C60H84ClN7O9. The summed E-state index contributed by atoms with van der Waals surface area (Å²) in [6.45, 7) is 21.1. The van der Waals surface area contributed by atoms with Gasteiger partial charge in [-0.3, -0.25) is 34.0 Å². The predicted octanol–water partition coefficient (Wildman–Crippen LogP) is 10.2. The summed E-state index contributed by atoms with van der Waals surface area (Å²) in [5, 5.41) is 12.1. The number of imide groups is 1. The van der Waals surface area contributed by atoms with Crippen molar-refractivity contribution in [3.63, 3.8) is 0 Å². The van der Waals surface area contributed by atoms with E-state index in [1.54, 1.807) is 7.05 Å². The van der Waals surface area contributed by atoms with Gasteiger partial charge >= 0.3 is 5.97 Å². The zero-order valence-corrected chi connectivity index (χ0v) is 48.4. The van der Waals surface area contributed by atoms with Crippen LogP contribution in [0.5, 0.6) is 5.75 Å². The van der Waals surface area contributed by atoms with Crippen LogP contribution in [0.25, 0.3) is 16.5 Å². The normalized spacial score (nSPS) is 16.0. The zero-order valence-electron chi connectivity index (χ0n) is 47.7. The summed E-state index contributed by atoms with van der Waals surface area (Å²) >= 11 is 6.95. The third kappa shape index (κ3) is 16.2. The SMILES string of the molecule is CC.CC.CC.CN(C)C(=O)C(CCC=O)N1C(=O)c2cccc(OCC=O)c2C1=O.CN=C(C)/C(=C(/C)N)c1c(Cl)ccc2c(CCCOC3=CCCCC4=C3C=CC=CC4)c(C(=O)O)n(CCN3CCN(C)CC3)c12. The molecule has 16 nitrogen and oxygen atoms in total. The van der Waals surface area contributed by atoms with Crippen molar-refractivity contribution in [2.24, 2.45) is 10.7 Å². The van der Waals surface area contributed by atoms with Gasteiger partial charge < -0.3 is 39.5 Å². The number of aliphatic imine (C=N–C) groups is 1. The number of piperazine rings is 1. The van der Waals surface area contributed by atoms with Gasteiger partial charge in [-0.1, -0.05) is 95.2 Å². The Labute approximate surface area is 461 Å². The van der Waals surface area contributed by atoms with Crippen LogP contribution in [0, 0.1) is 0 Å². The quantitative estimate of drug-likeness (QED) is 0.0499. The third-order valence-corrected chi connectivity index (χ3v) is 13.5. The molecule has 1 unspecified atom stereocenters. The van der Waals surface area contributed by atoms with E-state index in [2.05, 4.69) is 52.2 Å². The Morgan fingerprint density at radius 3 is 2.26 bits per heavy atom. The molecule has 1 aromatic heterocycles. The number of hydrogen-bond acceptors (Lipinski definition) is 12. The van der Waals surface area contributed by atoms with Gasteiger partial charge in [0, 0.05) is 100 Å². The van der Waals surface area contributed by atoms with Gasteiger partial charge in [0.1, 0.15) is 36.1 Å². The summed E-state index contributed by atoms with van der Waals surface area (Å²) in [6, 6.07) is 7.21. The van der Waals surface area contributed by atoms with Gasteiger partial charge in [-0.2, -0.15) is 0 Å². The van der Waals surface area contributed by atoms with Crippen LogP contribution >= 0.6 is 11.6 Å². The fourth-order valence-electron chi connectivity index (χ4n) is 9.61. The number of aromatic nitrogens is 1. The average molecular weight is 1080 g/mol. The lowest BCUT2D eigenvalue weighted by molar-refractivity contribution is -0.133. The molecule has 7 rings (SSSR count). The van der Waals surface area contributed by atoms with Crippen LogP contribution in [0.3, 0.4) is 0 Å². The first-order valence-corrected chi connectivity index (χ1v) is 27.5. The Bertz CT molecular complexity index is 2720. The van der Waals surface area contributed by atoms with Gasteiger partial charge in [-0.25, -0.2) is 4.79 Å². The lowest BCUT2D eigenvalue weighted by Gasteiger charge is -2.32. The standard InChI is InChI=1S/C37H48ClN5O3.C17H18N2O6.3C2H6/c1-25(39)33(26(2)40-3)34-31(38)17-16-30-29(14-10-24-46-32-15-9-8-12-27-11-6-5-7-13-28(27)32)36(37(44)45)43(35(30)34)23-22-42-20-18-41(4)19-21-42;1-18(2)16(23)12(6-4-8-20)19-15(22)11-5-3-7-13(25-10-9-21)14(11)17(19)24;3*1-2/h5-7,13,15-17H,8-12,14,18-24,39H2,1-4H3,(H,44,45);3,5,7-9,12H,4,6,10H2,1-2H3;3*1-2H3/b33-25+,40-26?;;;;. The fourth-order valence-corrected chi connectivity index (χ4v) is 9.86. The van der Waals surface area contributed by atoms with Crippen molar-refractivity contribution in [3.8, 4) is 5.75 Å². The molecule has 0 radical (unpaired) electrons. The zero-order chi connectivity index (χ0) is 57.4. The number of nitrogens with two attached hydrogens (primary N) is 1. The molecule has 420 valence electrons. The van der Waals surface area contributed by atoms with Gasteiger partial charge in [0.2, 0.25) is 5.91 Å². The first-order chi connectivity index (χ1) is 37.1. The fraction of sp³-hybridized carbons (Fsp3) is 0.483. The number of aryl methyl sites for hydroxylation is 1. The van der Waals surface area contributed by atoms with E-state index in [0.29, 0.717) is 55.0 Å². The van der Waals surface area contributed by atoms with Crippen molar-refractivity contribution >= 4 is 70.1 Å². The molecule has 3 heterocycles. The maximum Gasteiger partial charge on any atom is 0.352 e. The molecule has 1 saturated heterocycles. The molecule has 2 aromatic carbocycles. The summed E-state index contributed by atoms with van der Waals surface area (Å²) in [7, 11) is 6.88. The van der Waals surface area contributed by atoms with E-state index in [0.717, 1.165) is 102 Å². The van der Waals surface area contributed by atoms with Crippen LogP contribution in [-0.2, 0) is 32.1 Å². The molecule has 1 atom stereocenters. The predicted molar refractivity (Wildman–Crippen MR) is 310 cm³/mol. The molecule has 17 heteroatoms. The van der Waals surface area contributed by atoms with E-state index >= 15 is 0 Å². The number of carboxylic acid groups (broad SMARTS) is 1. The number of hydrogen-bond donors (Lipinski definition) is 2. The lowest BCUT2D eigenvalue weighted by Crippen LogP contribution is -2.49. The summed E-state index contributed by atoms with van der Waals surface area (Å²) in [6.07, 6.45) is 17.3. The van der Waals surface area contributed by atoms with Crippen LogP contribution in [0.4, 0.5) is 0 Å². The molecule has 0 saturated carbocycles. The highest BCUT2D eigenvalue weighted by Gasteiger charge is 2.44. The van der Waals surface area contributed by atoms with Crippen LogP contribution < -0.4 is 10.5 Å². The second-order valence-corrected chi connectivity index (χ2v) is 18.6. The van der Waals surface area contributed by atoms with Crippen molar-refractivity contribution in [1.82, 2.24) is 24.2 Å². The van der Waals surface area contributed by atoms with E-state index in [1.807, 2.05) is 72.1 Å². The summed E-state index contributed by atoms with van der Waals surface area (Å²) in [4.78, 5) is 83.5. The van der Waals surface area contributed by atoms with Crippen molar-refractivity contribution in [3.05, 3.63) is 116 Å².